The second-order valence-corrected chi connectivity index (χ2v) is 8.23. The van der Waals surface area contributed by atoms with Gasteiger partial charge < -0.3 is 9.84 Å². The fourth-order valence-electron chi connectivity index (χ4n) is 3.67. The quantitative estimate of drug-likeness (QED) is 0.659. The van der Waals surface area contributed by atoms with Gasteiger partial charge >= 0.3 is 0 Å². The number of benzene rings is 1. The van der Waals surface area contributed by atoms with Gasteiger partial charge in [-0.2, -0.15) is 0 Å². The smallest absolute Gasteiger partial charge is 0.273 e. The third kappa shape index (κ3) is 4.34. The van der Waals surface area contributed by atoms with Gasteiger partial charge in [0.15, 0.2) is 11.5 Å². The summed E-state index contributed by atoms with van der Waals surface area (Å²) in [6.07, 6.45) is 3.71. The highest BCUT2D eigenvalue weighted by Gasteiger charge is 2.24. The van der Waals surface area contributed by atoms with Gasteiger partial charge in [0.05, 0.1) is 10.9 Å². The zero-order valence-corrected chi connectivity index (χ0v) is 16.9. The standard InChI is InChI=1S/C22H25N3O2S/c1-16-7-9-17(10-8-16)19(25-11-3-2-4-12-25)15-23-22(26)18-14-20(27-24-18)21-6-5-13-28-21/h5-10,13-14,19H,2-4,11-12,15H2,1H3,(H,23,26)/t19-/m1/s1. The molecule has 28 heavy (non-hydrogen) atoms. The van der Waals surface area contributed by atoms with E-state index in [2.05, 4.69) is 46.6 Å². The van der Waals surface area contributed by atoms with E-state index in [-0.39, 0.29) is 11.9 Å². The van der Waals surface area contributed by atoms with E-state index in [4.69, 9.17) is 4.52 Å². The van der Waals surface area contributed by atoms with E-state index in [0.29, 0.717) is 18.0 Å². The molecular weight excluding hydrogens is 370 g/mol. The van der Waals surface area contributed by atoms with Gasteiger partial charge in [0.2, 0.25) is 0 Å². The Morgan fingerprint density at radius 1 is 1.21 bits per heavy atom. The molecule has 6 heteroatoms. The number of likely N-dealkylation sites (tertiary alicyclic amines) is 1. The Balaban J connectivity index is 1.46. The highest BCUT2D eigenvalue weighted by molar-refractivity contribution is 7.13. The number of aromatic nitrogens is 1. The fourth-order valence-corrected chi connectivity index (χ4v) is 4.35. The molecule has 0 spiro atoms. The fraction of sp³-hybridized carbons (Fsp3) is 0.364. The summed E-state index contributed by atoms with van der Waals surface area (Å²) in [7, 11) is 0. The van der Waals surface area contributed by atoms with Gasteiger partial charge in [0, 0.05) is 12.6 Å². The number of amides is 1. The van der Waals surface area contributed by atoms with Crippen LogP contribution in [-0.4, -0.2) is 35.6 Å². The second-order valence-electron chi connectivity index (χ2n) is 7.29. The van der Waals surface area contributed by atoms with Crippen LogP contribution in [0.3, 0.4) is 0 Å². The third-order valence-electron chi connectivity index (χ3n) is 5.26. The SMILES string of the molecule is Cc1ccc([C@@H](CNC(=O)c2cc(-c3cccs3)on2)N2CCCCC2)cc1. The number of aryl methyl sites for hydroxylation is 1. The van der Waals surface area contributed by atoms with Crippen molar-refractivity contribution >= 4 is 17.2 Å². The first kappa shape index (κ1) is 18.9. The maximum Gasteiger partial charge on any atom is 0.273 e. The lowest BCUT2D eigenvalue weighted by atomic mass is 10.0. The molecule has 0 unspecified atom stereocenters. The number of piperidine rings is 1. The van der Waals surface area contributed by atoms with Gasteiger partial charge in [0.25, 0.3) is 5.91 Å². The Bertz CT molecular complexity index is 896. The number of carbonyl (C=O) groups is 1. The second kappa shape index (κ2) is 8.71. The van der Waals surface area contributed by atoms with Crippen LogP contribution in [0.25, 0.3) is 10.6 Å². The van der Waals surface area contributed by atoms with Gasteiger partial charge in [-0.3, -0.25) is 9.69 Å². The molecule has 1 N–H and O–H groups in total. The predicted molar refractivity (Wildman–Crippen MR) is 111 cm³/mol. The van der Waals surface area contributed by atoms with Crippen molar-refractivity contribution in [3.63, 3.8) is 0 Å². The van der Waals surface area contributed by atoms with Crippen LogP contribution in [0.4, 0.5) is 0 Å². The molecule has 1 aromatic carbocycles. The number of carbonyl (C=O) groups excluding carboxylic acids is 1. The minimum Gasteiger partial charge on any atom is -0.355 e. The molecule has 1 saturated heterocycles. The minimum atomic E-state index is -0.194. The van der Waals surface area contributed by atoms with Crippen molar-refractivity contribution in [3.05, 3.63) is 64.7 Å². The molecule has 4 rings (SSSR count). The largest absolute Gasteiger partial charge is 0.355 e. The Morgan fingerprint density at radius 3 is 2.71 bits per heavy atom. The van der Waals surface area contributed by atoms with Crippen LogP contribution in [0.15, 0.2) is 52.4 Å². The number of hydrogen-bond donors (Lipinski definition) is 1. The maximum absolute atomic E-state index is 12.7. The summed E-state index contributed by atoms with van der Waals surface area (Å²) in [4.78, 5) is 16.1. The summed E-state index contributed by atoms with van der Waals surface area (Å²) in [6.45, 7) is 4.79. The van der Waals surface area contributed by atoms with Gasteiger partial charge in [-0.1, -0.05) is 47.5 Å². The van der Waals surface area contributed by atoms with Crippen molar-refractivity contribution in [1.29, 1.82) is 0 Å². The predicted octanol–water partition coefficient (Wildman–Crippen LogP) is 4.67. The molecule has 1 atom stereocenters. The van der Waals surface area contributed by atoms with Crippen molar-refractivity contribution < 1.29 is 9.32 Å². The first-order chi connectivity index (χ1) is 13.7. The highest BCUT2D eigenvalue weighted by Crippen LogP contribution is 2.26. The van der Waals surface area contributed by atoms with Gasteiger partial charge in [0.1, 0.15) is 0 Å². The Labute approximate surface area is 169 Å². The molecule has 1 aliphatic heterocycles. The van der Waals surface area contributed by atoms with E-state index in [1.807, 2.05) is 17.5 Å². The van der Waals surface area contributed by atoms with Crippen LogP contribution >= 0.6 is 11.3 Å². The van der Waals surface area contributed by atoms with Crippen molar-refractivity contribution in [1.82, 2.24) is 15.4 Å². The number of nitrogens with zero attached hydrogens (tertiary/aromatic N) is 2. The van der Waals surface area contributed by atoms with Crippen molar-refractivity contribution in [3.8, 4) is 10.6 Å². The summed E-state index contributed by atoms with van der Waals surface area (Å²) >= 11 is 1.56. The molecule has 0 radical (unpaired) electrons. The van der Waals surface area contributed by atoms with Crippen molar-refractivity contribution in [2.24, 2.45) is 0 Å². The molecule has 0 saturated carbocycles. The van der Waals surface area contributed by atoms with Crippen LogP contribution < -0.4 is 5.32 Å². The normalized spacial score (nSPS) is 16.0. The Hall–Kier alpha value is -2.44. The monoisotopic (exact) mass is 395 g/mol. The van der Waals surface area contributed by atoms with E-state index >= 15 is 0 Å². The van der Waals surface area contributed by atoms with Crippen LogP contribution in [0.5, 0.6) is 0 Å². The topological polar surface area (TPSA) is 58.4 Å². The number of nitrogens with one attached hydrogen (secondary N) is 1. The minimum absolute atomic E-state index is 0.175. The molecule has 0 aliphatic carbocycles. The third-order valence-corrected chi connectivity index (χ3v) is 6.14. The van der Waals surface area contributed by atoms with E-state index < -0.39 is 0 Å². The summed E-state index contributed by atoms with van der Waals surface area (Å²) in [5.74, 6) is 0.437. The van der Waals surface area contributed by atoms with Crippen LogP contribution in [0.2, 0.25) is 0 Å². The Kier molecular flexibility index (Phi) is 5.88. The van der Waals surface area contributed by atoms with E-state index in [1.165, 1.54) is 30.4 Å². The zero-order valence-electron chi connectivity index (χ0n) is 16.1. The van der Waals surface area contributed by atoms with Crippen LogP contribution in [0, 0.1) is 6.92 Å². The summed E-state index contributed by atoms with van der Waals surface area (Å²) in [6, 6.07) is 14.4. The number of rotatable bonds is 6. The lowest BCUT2D eigenvalue weighted by molar-refractivity contribution is 0.0915. The lowest BCUT2D eigenvalue weighted by Crippen LogP contribution is -2.40. The van der Waals surface area contributed by atoms with Crippen LogP contribution in [0.1, 0.15) is 46.9 Å². The summed E-state index contributed by atoms with van der Waals surface area (Å²) in [5, 5.41) is 9.00. The molecule has 0 bridgehead atoms. The molecular formula is C22H25N3O2S. The molecule has 1 amide bonds. The van der Waals surface area contributed by atoms with E-state index in [0.717, 1.165) is 18.0 Å². The van der Waals surface area contributed by atoms with Crippen LogP contribution in [-0.2, 0) is 0 Å². The molecule has 2 aromatic heterocycles. The molecule has 5 nitrogen and oxygen atoms in total. The Morgan fingerprint density at radius 2 is 2.00 bits per heavy atom. The van der Waals surface area contributed by atoms with E-state index in [9.17, 15) is 4.79 Å². The molecule has 146 valence electrons. The van der Waals surface area contributed by atoms with Gasteiger partial charge in [-0.25, -0.2) is 0 Å². The first-order valence-corrected chi connectivity index (χ1v) is 10.7. The summed E-state index contributed by atoms with van der Waals surface area (Å²) < 4.78 is 5.34. The zero-order chi connectivity index (χ0) is 19.3. The average Bonchev–Trinajstić information content (AvgIpc) is 3.42. The number of thiophene rings is 1. The summed E-state index contributed by atoms with van der Waals surface area (Å²) in [5.41, 5.74) is 2.81. The van der Waals surface area contributed by atoms with Gasteiger partial charge in [-0.05, 0) is 49.9 Å². The van der Waals surface area contributed by atoms with Crippen molar-refractivity contribution in [2.75, 3.05) is 19.6 Å². The van der Waals surface area contributed by atoms with Gasteiger partial charge in [-0.15, -0.1) is 11.3 Å². The highest BCUT2D eigenvalue weighted by atomic mass is 32.1. The van der Waals surface area contributed by atoms with E-state index in [1.54, 1.807) is 17.4 Å². The van der Waals surface area contributed by atoms with Crippen molar-refractivity contribution in [2.45, 2.75) is 32.2 Å². The molecule has 3 aromatic rings. The molecule has 1 aliphatic rings. The number of hydrogen-bond acceptors (Lipinski definition) is 5. The maximum atomic E-state index is 12.7. The first-order valence-electron chi connectivity index (χ1n) is 9.80. The molecule has 1 fully saturated rings. The average molecular weight is 396 g/mol. The lowest BCUT2D eigenvalue weighted by Gasteiger charge is -2.35. The molecule has 3 heterocycles.